The molecule has 1 rings (SSSR count). The second-order valence-corrected chi connectivity index (χ2v) is 4.04. The Labute approximate surface area is 105 Å². The number of nitro groups is 1. The second-order valence-electron chi connectivity index (χ2n) is 4.04. The highest BCUT2D eigenvalue weighted by Crippen LogP contribution is 2.25. The van der Waals surface area contributed by atoms with Gasteiger partial charge in [0.25, 0.3) is 5.69 Å². The van der Waals surface area contributed by atoms with Gasteiger partial charge in [-0.1, -0.05) is 13.3 Å². The van der Waals surface area contributed by atoms with E-state index in [1.165, 1.54) is 18.2 Å². The van der Waals surface area contributed by atoms with Crippen molar-refractivity contribution in [3.05, 3.63) is 33.9 Å². The lowest BCUT2D eigenvalue weighted by atomic mass is 10.1. The highest BCUT2D eigenvalue weighted by Gasteiger charge is 2.17. The third-order valence-corrected chi connectivity index (χ3v) is 2.68. The van der Waals surface area contributed by atoms with E-state index >= 15 is 0 Å². The van der Waals surface area contributed by atoms with E-state index in [-0.39, 0.29) is 11.3 Å². The quantitative estimate of drug-likeness (QED) is 0.621. The normalized spacial score (nSPS) is 10.1. The molecule has 0 saturated heterocycles. The number of hydrogen-bond acceptors (Lipinski definition) is 4. The third kappa shape index (κ3) is 3.19. The molecule has 0 aromatic heterocycles. The largest absolute Gasteiger partial charge is 0.478 e. The molecule has 18 heavy (non-hydrogen) atoms. The van der Waals surface area contributed by atoms with Crippen molar-refractivity contribution >= 4 is 17.3 Å². The Morgan fingerprint density at radius 2 is 2.17 bits per heavy atom. The molecule has 0 spiro atoms. The predicted molar refractivity (Wildman–Crippen MR) is 68.2 cm³/mol. The molecule has 0 bridgehead atoms. The van der Waals surface area contributed by atoms with E-state index in [2.05, 4.69) is 0 Å². The van der Waals surface area contributed by atoms with E-state index < -0.39 is 10.9 Å². The molecule has 1 N–H and O–H groups in total. The molecule has 0 unspecified atom stereocenters. The average Bonchev–Trinajstić information content (AvgIpc) is 2.34. The average molecular weight is 252 g/mol. The number of carboxylic acid groups (broad SMARTS) is 1. The molecule has 0 aliphatic carbocycles. The van der Waals surface area contributed by atoms with E-state index in [1.54, 1.807) is 11.9 Å². The van der Waals surface area contributed by atoms with Gasteiger partial charge < -0.3 is 10.0 Å². The molecule has 1 aromatic rings. The number of carbonyl (C=O) groups is 1. The first-order valence-electron chi connectivity index (χ1n) is 5.70. The number of aromatic carboxylic acids is 1. The number of nitro benzene ring substituents is 1. The molecule has 0 aliphatic heterocycles. The van der Waals surface area contributed by atoms with E-state index in [9.17, 15) is 14.9 Å². The van der Waals surface area contributed by atoms with Gasteiger partial charge in [-0.3, -0.25) is 10.1 Å². The minimum absolute atomic E-state index is 0.0826. The van der Waals surface area contributed by atoms with Crippen LogP contribution in [0.25, 0.3) is 0 Å². The summed E-state index contributed by atoms with van der Waals surface area (Å²) in [4.78, 5) is 23.0. The molecule has 0 heterocycles. The minimum Gasteiger partial charge on any atom is -0.478 e. The van der Waals surface area contributed by atoms with Gasteiger partial charge in [0.1, 0.15) is 0 Å². The SMILES string of the molecule is CCCCN(C)c1cc([N+](=O)[O-])ccc1C(=O)O. The predicted octanol–water partition coefficient (Wildman–Crippen LogP) is 2.53. The van der Waals surface area contributed by atoms with Crippen molar-refractivity contribution in [2.75, 3.05) is 18.5 Å². The van der Waals surface area contributed by atoms with Crippen molar-refractivity contribution in [2.24, 2.45) is 0 Å². The standard InChI is InChI=1S/C12H16N2O4/c1-3-4-7-13(2)11-8-9(14(17)18)5-6-10(11)12(15)16/h5-6,8H,3-4,7H2,1-2H3,(H,15,16). The first kappa shape index (κ1) is 14.0. The summed E-state index contributed by atoms with van der Waals surface area (Å²) in [6.07, 6.45) is 1.87. The van der Waals surface area contributed by atoms with Crippen molar-refractivity contribution in [3.63, 3.8) is 0 Å². The summed E-state index contributed by atoms with van der Waals surface area (Å²) >= 11 is 0. The van der Waals surface area contributed by atoms with Gasteiger partial charge in [-0.2, -0.15) is 0 Å². The van der Waals surface area contributed by atoms with Crippen LogP contribution in [-0.4, -0.2) is 29.6 Å². The maximum Gasteiger partial charge on any atom is 0.337 e. The van der Waals surface area contributed by atoms with Crippen LogP contribution < -0.4 is 4.90 Å². The number of non-ortho nitro benzene ring substituents is 1. The number of rotatable bonds is 6. The van der Waals surface area contributed by atoms with E-state index in [4.69, 9.17) is 5.11 Å². The van der Waals surface area contributed by atoms with Crippen LogP contribution in [0.2, 0.25) is 0 Å². The topological polar surface area (TPSA) is 83.7 Å². The van der Waals surface area contributed by atoms with Crippen LogP contribution in [0.5, 0.6) is 0 Å². The summed E-state index contributed by atoms with van der Waals surface area (Å²) in [5, 5.41) is 19.8. The van der Waals surface area contributed by atoms with Gasteiger partial charge in [0, 0.05) is 25.7 Å². The van der Waals surface area contributed by atoms with E-state index in [0.29, 0.717) is 12.2 Å². The smallest absolute Gasteiger partial charge is 0.337 e. The zero-order chi connectivity index (χ0) is 13.7. The van der Waals surface area contributed by atoms with Crippen molar-refractivity contribution in [1.82, 2.24) is 0 Å². The van der Waals surface area contributed by atoms with Crippen LogP contribution in [0, 0.1) is 10.1 Å². The zero-order valence-electron chi connectivity index (χ0n) is 10.4. The van der Waals surface area contributed by atoms with Gasteiger partial charge in [0.2, 0.25) is 0 Å². The minimum atomic E-state index is -1.08. The van der Waals surface area contributed by atoms with Gasteiger partial charge in [-0.05, 0) is 12.5 Å². The Hall–Kier alpha value is -2.11. The van der Waals surface area contributed by atoms with Gasteiger partial charge in [-0.15, -0.1) is 0 Å². The van der Waals surface area contributed by atoms with Crippen LogP contribution in [-0.2, 0) is 0 Å². The highest BCUT2D eigenvalue weighted by atomic mass is 16.6. The molecule has 0 radical (unpaired) electrons. The highest BCUT2D eigenvalue weighted by molar-refractivity contribution is 5.95. The monoisotopic (exact) mass is 252 g/mol. The molecule has 6 nitrogen and oxygen atoms in total. The second kappa shape index (κ2) is 6.00. The number of unbranched alkanes of at least 4 members (excludes halogenated alkanes) is 1. The van der Waals surface area contributed by atoms with Crippen molar-refractivity contribution in [3.8, 4) is 0 Å². The van der Waals surface area contributed by atoms with E-state index in [0.717, 1.165) is 12.8 Å². The van der Waals surface area contributed by atoms with Crippen molar-refractivity contribution < 1.29 is 14.8 Å². The Morgan fingerprint density at radius 1 is 1.50 bits per heavy atom. The van der Waals surface area contributed by atoms with Crippen LogP contribution in [0.3, 0.4) is 0 Å². The Kier molecular flexibility index (Phi) is 4.65. The molecular weight excluding hydrogens is 236 g/mol. The lowest BCUT2D eigenvalue weighted by molar-refractivity contribution is -0.384. The van der Waals surface area contributed by atoms with Crippen LogP contribution in [0.15, 0.2) is 18.2 Å². The molecule has 0 amide bonds. The summed E-state index contributed by atoms with van der Waals surface area (Å²) in [6.45, 7) is 2.69. The number of hydrogen-bond donors (Lipinski definition) is 1. The lowest BCUT2D eigenvalue weighted by Gasteiger charge is -2.20. The lowest BCUT2D eigenvalue weighted by Crippen LogP contribution is -2.21. The number of anilines is 1. The fraction of sp³-hybridized carbons (Fsp3) is 0.417. The summed E-state index contributed by atoms with van der Waals surface area (Å²) in [6, 6.07) is 3.79. The Balaban J connectivity index is 3.14. The molecule has 0 atom stereocenters. The Bertz CT molecular complexity index is 459. The molecule has 0 saturated carbocycles. The molecule has 1 aromatic carbocycles. The summed E-state index contributed by atoms with van der Waals surface area (Å²) in [5.41, 5.74) is 0.364. The fourth-order valence-corrected chi connectivity index (χ4v) is 1.65. The first-order chi connectivity index (χ1) is 8.47. The van der Waals surface area contributed by atoms with Crippen LogP contribution in [0.4, 0.5) is 11.4 Å². The number of benzene rings is 1. The van der Waals surface area contributed by atoms with Gasteiger partial charge >= 0.3 is 5.97 Å². The molecule has 6 heteroatoms. The third-order valence-electron chi connectivity index (χ3n) is 2.68. The fourth-order valence-electron chi connectivity index (χ4n) is 1.65. The maximum absolute atomic E-state index is 11.1. The van der Waals surface area contributed by atoms with Gasteiger partial charge in [0.15, 0.2) is 0 Å². The number of carboxylic acids is 1. The van der Waals surface area contributed by atoms with E-state index in [1.807, 2.05) is 6.92 Å². The summed E-state index contributed by atoms with van der Waals surface area (Å²) in [7, 11) is 1.74. The zero-order valence-corrected chi connectivity index (χ0v) is 10.4. The molecule has 0 fully saturated rings. The van der Waals surface area contributed by atoms with Crippen molar-refractivity contribution in [1.29, 1.82) is 0 Å². The summed E-state index contributed by atoms with van der Waals surface area (Å²) < 4.78 is 0. The van der Waals surface area contributed by atoms with Gasteiger partial charge in [-0.25, -0.2) is 4.79 Å². The maximum atomic E-state index is 11.1. The van der Waals surface area contributed by atoms with Gasteiger partial charge in [0.05, 0.1) is 16.2 Å². The Morgan fingerprint density at radius 3 is 2.67 bits per heavy atom. The number of nitrogens with zero attached hydrogens (tertiary/aromatic N) is 2. The van der Waals surface area contributed by atoms with Crippen LogP contribution in [0.1, 0.15) is 30.1 Å². The molecule has 0 aliphatic rings. The first-order valence-corrected chi connectivity index (χ1v) is 5.70. The van der Waals surface area contributed by atoms with Crippen molar-refractivity contribution in [2.45, 2.75) is 19.8 Å². The molecule has 98 valence electrons. The van der Waals surface area contributed by atoms with Crippen LogP contribution >= 0.6 is 0 Å². The summed E-state index contributed by atoms with van der Waals surface area (Å²) in [5.74, 6) is -1.08. The molecular formula is C12H16N2O4.